The van der Waals surface area contributed by atoms with Gasteiger partial charge in [0, 0.05) is 42.1 Å². The van der Waals surface area contributed by atoms with Gasteiger partial charge in [-0.15, -0.1) is 11.3 Å². The first-order chi connectivity index (χ1) is 26.3. The fourth-order valence-corrected chi connectivity index (χ4v) is 9.45. The van der Waals surface area contributed by atoms with E-state index in [4.69, 9.17) is 9.97 Å². The molecule has 11 rings (SSSR count). The van der Waals surface area contributed by atoms with Crippen LogP contribution in [0.5, 0.6) is 0 Å². The Hall–Kier alpha value is -6.68. The van der Waals surface area contributed by atoms with Crippen LogP contribution in [0.4, 0.5) is 0 Å². The Morgan fingerprint density at radius 1 is 0.340 bits per heavy atom. The monoisotopic (exact) mass is 690 g/mol. The van der Waals surface area contributed by atoms with Crippen molar-refractivity contribution in [3.05, 3.63) is 182 Å². The maximum atomic E-state index is 5.24. The van der Waals surface area contributed by atoms with Crippen molar-refractivity contribution in [1.29, 1.82) is 0 Å². The van der Waals surface area contributed by atoms with Gasteiger partial charge in [-0.05, 0) is 61.5 Å². The van der Waals surface area contributed by atoms with E-state index in [1.165, 1.54) is 64.0 Å². The predicted octanol–water partition coefficient (Wildman–Crippen LogP) is 14.1. The van der Waals surface area contributed by atoms with Crippen LogP contribution in [0.2, 0.25) is 0 Å². The van der Waals surface area contributed by atoms with Gasteiger partial charge < -0.3 is 0 Å². The first kappa shape index (κ1) is 30.0. The van der Waals surface area contributed by atoms with Crippen LogP contribution in [-0.2, 0) is 0 Å². The summed E-state index contributed by atoms with van der Waals surface area (Å²) < 4.78 is 2.67. The molecule has 0 aliphatic carbocycles. The minimum Gasteiger partial charge on any atom is -0.252 e. The Labute approximate surface area is 310 Å². The van der Waals surface area contributed by atoms with E-state index in [2.05, 4.69) is 176 Å². The second-order valence-electron chi connectivity index (χ2n) is 13.7. The molecule has 9 aromatic carbocycles. The smallest absolute Gasteiger partial charge is 0.0979 e. The molecule has 246 valence electrons. The summed E-state index contributed by atoms with van der Waals surface area (Å²) >= 11 is 1.88. The predicted molar refractivity (Wildman–Crippen MR) is 227 cm³/mol. The van der Waals surface area contributed by atoms with E-state index in [1.54, 1.807) is 0 Å². The Morgan fingerprint density at radius 2 is 0.887 bits per heavy atom. The largest absolute Gasteiger partial charge is 0.252 e. The topological polar surface area (TPSA) is 25.8 Å². The zero-order valence-electron chi connectivity index (χ0n) is 28.6. The maximum absolute atomic E-state index is 5.24. The number of nitrogens with zero attached hydrogens (tertiary/aromatic N) is 2. The molecule has 53 heavy (non-hydrogen) atoms. The molecule has 0 bridgehead atoms. The van der Waals surface area contributed by atoms with Crippen LogP contribution in [0.1, 0.15) is 0 Å². The first-order valence-corrected chi connectivity index (χ1v) is 18.8. The van der Waals surface area contributed by atoms with E-state index in [-0.39, 0.29) is 0 Å². The van der Waals surface area contributed by atoms with Gasteiger partial charge in [0.05, 0.1) is 22.9 Å². The zero-order valence-corrected chi connectivity index (χ0v) is 29.4. The molecular weight excluding hydrogens is 661 g/mol. The number of benzene rings is 9. The SMILES string of the molecule is c1cc(-c2ccc(-c3cccc4c(-c5cccc6c5sc5ccccc56)cccc34)cc2)cc(-c2cnc3c4ccccc4c4ccccc4c3n2)c1. The number of hydrogen-bond donors (Lipinski definition) is 0. The number of thiophene rings is 1. The normalized spacial score (nSPS) is 11.8. The highest BCUT2D eigenvalue weighted by atomic mass is 32.1. The van der Waals surface area contributed by atoms with Gasteiger partial charge in [-0.3, -0.25) is 4.98 Å². The molecule has 0 radical (unpaired) electrons. The van der Waals surface area contributed by atoms with Crippen LogP contribution in [0, 0.1) is 0 Å². The van der Waals surface area contributed by atoms with E-state index in [0.29, 0.717) is 0 Å². The third kappa shape index (κ3) is 4.78. The highest BCUT2D eigenvalue weighted by molar-refractivity contribution is 7.26. The van der Waals surface area contributed by atoms with Crippen LogP contribution in [0.25, 0.3) is 108 Å². The second-order valence-corrected chi connectivity index (χ2v) is 14.7. The van der Waals surface area contributed by atoms with Crippen molar-refractivity contribution in [2.75, 3.05) is 0 Å². The quantitative estimate of drug-likeness (QED) is 0.172. The third-order valence-electron chi connectivity index (χ3n) is 10.7. The second kappa shape index (κ2) is 11.9. The summed E-state index contributed by atoms with van der Waals surface area (Å²) in [6, 6.07) is 63.5. The fraction of sp³-hybridized carbons (Fsp3) is 0. The van der Waals surface area contributed by atoms with Gasteiger partial charge in [0.1, 0.15) is 0 Å². The lowest BCUT2D eigenvalue weighted by molar-refractivity contribution is 1.31. The average Bonchev–Trinajstić information content (AvgIpc) is 3.62. The van der Waals surface area contributed by atoms with Gasteiger partial charge in [-0.1, -0.05) is 164 Å². The lowest BCUT2D eigenvalue weighted by Gasteiger charge is -2.13. The van der Waals surface area contributed by atoms with Gasteiger partial charge in [-0.25, -0.2) is 4.98 Å². The average molecular weight is 691 g/mol. The molecule has 2 heterocycles. The molecule has 2 nitrogen and oxygen atoms in total. The number of aromatic nitrogens is 2. The van der Waals surface area contributed by atoms with Crippen LogP contribution in [0.3, 0.4) is 0 Å². The molecule has 0 saturated carbocycles. The molecule has 0 aliphatic rings. The van der Waals surface area contributed by atoms with Crippen molar-refractivity contribution >= 4 is 74.9 Å². The van der Waals surface area contributed by atoms with Gasteiger partial charge in [-0.2, -0.15) is 0 Å². The first-order valence-electron chi connectivity index (χ1n) is 18.0. The minimum atomic E-state index is 0.870. The molecule has 0 spiro atoms. The Kier molecular flexibility index (Phi) is 6.76. The number of hydrogen-bond acceptors (Lipinski definition) is 3. The standard InChI is InChI=1S/C50H30N2S/c1-3-16-42-38(13-1)39-14-2-4-17-43(39)49-48(42)51-30-46(52-49)34-12-7-11-33(29-34)31-25-27-32(28-26-31)35-18-8-20-37-36(35)19-9-21-40(37)44-22-10-23-45-41-15-5-6-24-47(41)53-50(44)45/h1-30H. The summed E-state index contributed by atoms with van der Waals surface area (Å²) in [5.74, 6) is 0. The number of fused-ring (bicyclic) bond motifs is 10. The third-order valence-corrected chi connectivity index (χ3v) is 12.0. The minimum absolute atomic E-state index is 0.870. The highest BCUT2D eigenvalue weighted by Crippen LogP contribution is 2.43. The molecule has 0 fully saturated rings. The van der Waals surface area contributed by atoms with Gasteiger partial charge in [0.15, 0.2) is 0 Å². The van der Waals surface area contributed by atoms with Crippen molar-refractivity contribution in [3.63, 3.8) is 0 Å². The Balaban J connectivity index is 0.966. The van der Waals surface area contributed by atoms with Gasteiger partial charge >= 0.3 is 0 Å². The van der Waals surface area contributed by atoms with Crippen LogP contribution >= 0.6 is 11.3 Å². The maximum Gasteiger partial charge on any atom is 0.0979 e. The van der Waals surface area contributed by atoms with Crippen molar-refractivity contribution in [3.8, 4) is 44.6 Å². The van der Waals surface area contributed by atoms with Crippen molar-refractivity contribution < 1.29 is 0 Å². The number of rotatable bonds is 4. The molecule has 11 aromatic rings. The Bertz CT molecular complexity index is 3190. The van der Waals surface area contributed by atoms with Crippen LogP contribution < -0.4 is 0 Å². The van der Waals surface area contributed by atoms with Crippen LogP contribution in [-0.4, -0.2) is 9.97 Å². The highest BCUT2D eigenvalue weighted by Gasteiger charge is 2.15. The van der Waals surface area contributed by atoms with Gasteiger partial charge in [0.2, 0.25) is 0 Å². The fourth-order valence-electron chi connectivity index (χ4n) is 8.22. The summed E-state index contributed by atoms with van der Waals surface area (Å²) in [6.45, 7) is 0. The summed E-state index contributed by atoms with van der Waals surface area (Å²) in [7, 11) is 0. The summed E-state index contributed by atoms with van der Waals surface area (Å²) in [5, 5.41) is 9.84. The summed E-state index contributed by atoms with van der Waals surface area (Å²) in [4.78, 5) is 10.2. The zero-order chi connectivity index (χ0) is 34.9. The summed E-state index contributed by atoms with van der Waals surface area (Å²) in [6.07, 6.45) is 1.92. The lowest BCUT2D eigenvalue weighted by Crippen LogP contribution is -1.92. The van der Waals surface area contributed by atoms with Crippen molar-refractivity contribution in [1.82, 2.24) is 9.97 Å². The molecule has 0 N–H and O–H groups in total. The van der Waals surface area contributed by atoms with E-state index in [1.807, 2.05) is 17.5 Å². The lowest BCUT2D eigenvalue weighted by atomic mass is 9.91. The van der Waals surface area contributed by atoms with E-state index in [0.717, 1.165) is 44.2 Å². The molecule has 0 saturated heterocycles. The van der Waals surface area contributed by atoms with E-state index in [9.17, 15) is 0 Å². The van der Waals surface area contributed by atoms with E-state index < -0.39 is 0 Å². The summed E-state index contributed by atoms with van der Waals surface area (Å²) in [5.41, 5.74) is 11.1. The van der Waals surface area contributed by atoms with Crippen molar-refractivity contribution in [2.45, 2.75) is 0 Å². The Morgan fingerprint density at radius 3 is 1.66 bits per heavy atom. The molecule has 2 aromatic heterocycles. The molecule has 0 amide bonds. The molecular formula is C50H30N2S. The van der Waals surface area contributed by atoms with E-state index >= 15 is 0 Å². The molecule has 0 atom stereocenters. The van der Waals surface area contributed by atoms with Crippen LogP contribution in [0.15, 0.2) is 182 Å². The molecule has 0 unspecified atom stereocenters. The van der Waals surface area contributed by atoms with Gasteiger partial charge in [0.25, 0.3) is 0 Å². The molecule has 3 heteroatoms. The van der Waals surface area contributed by atoms with Crippen molar-refractivity contribution in [2.24, 2.45) is 0 Å². The molecule has 0 aliphatic heterocycles.